The Labute approximate surface area is 187 Å². The van der Waals surface area contributed by atoms with Crippen molar-refractivity contribution < 1.29 is 13.9 Å². The SMILES string of the molecule is CC(C)(C)OC(=O)N1CCN(c2ccc(C(C#N)Nc3ccc(F)c(Cl)c3)cc2)CC1. The van der Waals surface area contributed by atoms with Crippen LogP contribution in [0.25, 0.3) is 0 Å². The first-order valence-electron chi connectivity index (χ1n) is 10.1. The molecule has 1 amide bonds. The predicted molar refractivity (Wildman–Crippen MR) is 120 cm³/mol. The van der Waals surface area contributed by atoms with Gasteiger partial charge < -0.3 is 19.9 Å². The molecule has 164 valence electrons. The van der Waals surface area contributed by atoms with E-state index in [4.69, 9.17) is 16.3 Å². The van der Waals surface area contributed by atoms with E-state index in [2.05, 4.69) is 16.3 Å². The van der Waals surface area contributed by atoms with Gasteiger partial charge in [-0.15, -0.1) is 0 Å². The number of rotatable bonds is 4. The van der Waals surface area contributed by atoms with Gasteiger partial charge >= 0.3 is 6.09 Å². The number of carbonyl (C=O) groups excluding carboxylic acids is 1. The fourth-order valence-electron chi connectivity index (χ4n) is 3.29. The van der Waals surface area contributed by atoms with Crippen molar-refractivity contribution in [2.75, 3.05) is 36.4 Å². The van der Waals surface area contributed by atoms with Gasteiger partial charge in [-0.25, -0.2) is 9.18 Å². The summed E-state index contributed by atoms with van der Waals surface area (Å²) in [5, 5.41) is 12.6. The fraction of sp³-hybridized carbons (Fsp3) is 0.391. The zero-order valence-electron chi connectivity index (χ0n) is 17.9. The first-order chi connectivity index (χ1) is 14.7. The molecule has 1 unspecified atom stereocenters. The summed E-state index contributed by atoms with van der Waals surface area (Å²) >= 11 is 5.82. The van der Waals surface area contributed by atoms with Crippen molar-refractivity contribution in [2.24, 2.45) is 0 Å². The van der Waals surface area contributed by atoms with Crippen LogP contribution in [0.2, 0.25) is 5.02 Å². The van der Waals surface area contributed by atoms with Gasteiger partial charge in [-0.3, -0.25) is 0 Å². The molecule has 0 aromatic heterocycles. The summed E-state index contributed by atoms with van der Waals surface area (Å²) in [6, 6.07) is 13.6. The van der Waals surface area contributed by atoms with Crippen LogP contribution in [0.4, 0.5) is 20.6 Å². The first-order valence-corrected chi connectivity index (χ1v) is 10.5. The minimum absolute atomic E-state index is 0.00237. The van der Waals surface area contributed by atoms with E-state index in [0.717, 1.165) is 11.3 Å². The van der Waals surface area contributed by atoms with Crippen LogP contribution < -0.4 is 10.2 Å². The highest BCUT2D eigenvalue weighted by atomic mass is 35.5. The highest BCUT2D eigenvalue weighted by Gasteiger charge is 2.26. The Hall–Kier alpha value is -2.98. The molecule has 0 aliphatic carbocycles. The number of hydrogen-bond donors (Lipinski definition) is 1. The number of nitriles is 1. The summed E-state index contributed by atoms with van der Waals surface area (Å²) in [5.74, 6) is -0.503. The third kappa shape index (κ3) is 6.02. The zero-order valence-corrected chi connectivity index (χ0v) is 18.6. The second kappa shape index (κ2) is 9.44. The van der Waals surface area contributed by atoms with Crippen LogP contribution in [0.3, 0.4) is 0 Å². The van der Waals surface area contributed by atoms with Crippen LogP contribution in [0, 0.1) is 17.1 Å². The number of ether oxygens (including phenoxy) is 1. The summed E-state index contributed by atoms with van der Waals surface area (Å²) in [7, 11) is 0. The lowest BCUT2D eigenvalue weighted by atomic mass is 10.1. The van der Waals surface area contributed by atoms with Crippen molar-refractivity contribution in [2.45, 2.75) is 32.4 Å². The monoisotopic (exact) mass is 444 g/mol. The molecular formula is C23H26ClFN4O2. The number of benzene rings is 2. The molecular weight excluding hydrogens is 419 g/mol. The van der Waals surface area contributed by atoms with Gasteiger partial charge in [0.1, 0.15) is 17.5 Å². The first kappa shape index (κ1) is 22.7. The highest BCUT2D eigenvalue weighted by Crippen LogP contribution is 2.26. The third-order valence-electron chi connectivity index (χ3n) is 4.88. The van der Waals surface area contributed by atoms with E-state index >= 15 is 0 Å². The molecule has 1 heterocycles. The van der Waals surface area contributed by atoms with Crippen LogP contribution in [0.1, 0.15) is 32.4 Å². The number of amides is 1. The van der Waals surface area contributed by atoms with Crippen LogP contribution in [0.5, 0.6) is 0 Å². The summed E-state index contributed by atoms with van der Waals surface area (Å²) in [6.45, 7) is 8.15. The standard InChI is InChI=1S/C23H26ClFN4O2/c1-23(2,3)31-22(30)29-12-10-28(11-13-29)18-7-4-16(5-8-18)21(15-26)27-17-6-9-20(25)19(24)14-17/h4-9,14,21,27H,10-13H2,1-3H3. The van der Waals surface area contributed by atoms with E-state index in [0.29, 0.717) is 31.9 Å². The van der Waals surface area contributed by atoms with Gasteiger partial charge in [-0.05, 0) is 56.7 Å². The van der Waals surface area contributed by atoms with E-state index in [1.54, 1.807) is 11.0 Å². The van der Waals surface area contributed by atoms with Crippen LogP contribution in [-0.4, -0.2) is 42.8 Å². The Morgan fingerprint density at radius 3 is 2.35 bits per heavy atom. The van der Waals surface area contributed by atoms with Gasteiger partial charge in [0, 0.05) is 37.6 Å². The molecule has 2 aromatic carbocycles. The third-order valence-corrected chi connectivity index (χ3v) is 5.17. The Kier molecular flexibility index (Phi) is 6.91. The van der Waals surface area contributed by atoms with Gasteiger partial charge in [0.05, 0.1) is 11.1 Å². The second-order valence-electron chi connectivity index (χ2n) is 8.38. The largest absolute Gasteiger partial charge is 0.444 e. The summed E-state index contributed by atoms with van der Waals surface area (Å²) in [4.78, 5) is 16.1. The minimum atomic E-state index is -0.598. The lowest BCUT2D eigenvalue weighted by molar-refractivity contribution is 0.0240. The number of halogens is 2. The molecule has 1 fully saturated rings. The maximum atomic E-state index is 13.3. The maximum Gasteiger partial charge on any atom is 0.410 e. The minimum Gasteiger partial charge on any atom is -0.444 e. The number of nitrogens with zero attached hydrogens (tertiary/aromatic N) is 3. The zero-order chi connectivity index (χ0) is 22.6. The molecule has 1 aliphatic rings. The Bertz CT molecular complexity index is 961. The fourth-order valence-corrected chi connectivity index (χ4v) is 3.47. The van der Waals surface area contributed by atoms with Crippen LogP contribution in [-0.2, 0) is 4.74 Å². The van der Waals surface area contributed by atoms with Crippen LogP contribution in [0.15, 0.2) is 42.5 Å². The average molecular weight is 445 g/mol. The van der Waals surface area contributed by atoms with E-state index in [-0.39, 0.29) is 11.1 Å². The smallest absolute Gasteiger partial charge is 0.410 e. The lowest BCUT2D eigenvalue weighted by Gasteiger charge is -2.36. The van der Waals surface area contributed by atoms with Crippen molar-refractivity contribution >= 4 is 29.1 Å². The molecule has 3 rings (SSSR count). The van der Waals surface area contributed by atoms with Crippen molar-refractivity contribution in [3.05, 3.63) is 58.9 Å². The van der Waals surface area contributed by atoms with Gasteiger partial charge in [0.2, 0.25) is 0 Å². The van der Waals surface area contributed by atoms with Gasteiger partial charge in [0.25, 0.3) is 0 Å². The van der Waals surface area contributed by atoms with Crippen molar-refractivity contribution in [1.82, 2.24) is 4.90 Å². The number of hydrogen-bond acceptors (Lipinski definition) is 5. The van der Waals surface area contributed by atoms with Crippen molar-refractivity contribution in [1.29, 1.82) is 5.26 Å². The molecule has 2 aromatic rings. The maximum absolute atomic E-state index is 13.3. The molecule has 0 radical (unpaired) electrons. The summed E-state index contributed by atoms with van der Waals surface area (Å²) < 4.78 is 18.8. The molecule has 0 saturated carbocycles. The highest BCUT2D eigenvalue weighted by molar-refractivity contribution is 6.31. The average Bonchev–Trinajstić information content (AvgIpc) is 2.73. The van der Waals surface area contributed by atoms with Crippen LogP contribution >= 0.6 is 11.6 Å². The molecule has 1 atom stereocenters. The van der Waals surface area contributed by atoms with Gasteiger partial charge in [-0.1, -0.05) is 23.7 Å². The molecule has 6 nitrogen and oxygen atoms in total. The molecule has 1 aliphatic heterocycles. The Balaban J connectivity index is 1.60. The molecule has 0 spiro atoms. The van der Waals surface area contributed by atoms with Crippen molar-refractivity contribution in [3.63, 3.8) is 0 Å². The molecule has 0 bridgehead atoms. The van der Waals surface area contributed by atoms with E-state index in [9.17, 15) is 14.4 Å². The molecule has 1 N–H and O–H groups in total. The topological polar surface area (TPSA) is 68.6 Å². The van der Waals surface area contributed by atoms with Gasteiger partial charge in [-0.2, -0.15) is 5.26 Å². The van der Waals surface area contributed by atoms with Crippen molar-refractivity contribution in [3.8, 4) is 6.07 Å². The lowest BCUT2D eigenvalue weighted by Crippen LogP contribution is -2.50. The second-order valence-corrected chi connectivity index (χ2v) is 8.79. The molecule has 1 saturated heterocycles. The number of carbonyl (C=O) groups is 1. The van der Waals surface area contributed by atoms with E-state index < -0.39 is 17.5 Å². The van der Waals surface area contributed by atoms with E-state index in [1.165, 1.54) is 12.1 Å². The quantitative estimate of drug-likeness (QED) is 0.700. The number of anilines is 2. The Morgan fingerprint density at radius 1 is 1.16 bits per heavy atom. The van der Waals surface area contributed by atoms with Gasteiger partial charge in [0.15, 0.2) is 0 Å². The number of piperazine rings is 1. The Morgan fingerprint density at radius 2 is 1.81 bits per heavy atom. The molecule has 8 heteroatoms. The summed E-state index contributed by atoms with van der Waals surface area (Å²) in [5.41, 5.74) is 1.88. The number of nitrogens with one attached hydrogen (secondary N) is 1. The predicted octanol–water partition coefficient (Wildman–Crippen LogP) is 5.21. The summed E-state index contributed by atoms with van der Waals surface area (Å²) in [6.07, 6.45) is -0.286. The normalized spacial score (nSPS) is 15.2. The van der Waals surface area contributed by atoms with E-state index in [1.807, 2.05) is 45.0 Å². The molecule has 31 heavy (non-hydrogen) atoms.